The molecular formula is C19H21NO6S. The first-order chi connectivity index (χ1) is 12.7. The molecule has 1 aliphatic heterocycles. The van der Waals surface area contributed by atoms with Gasteiger partial charge in [0.05, 0.1) is 22.8 Å². The summed E-state index contributed by atoms with van der Waals surface area (Å²) >= 11 is 0. The van der Waals surface area contributed by atoms with Crippen LogP contribution >= 0.6 is 0 Å². The summed E-state index contributed by atoms with van der Waals surface area (Å²) in [6.07, 6.45) is 0.734. The minimum atomic E-state index is -4.02. The number of aromatic carboxylic acids is 1. The molecule has 0 amide bonds. The molecule has 2 aromatic carbocycles. The van der Waals surface area contributed by atoms with Gasteiger partial charge in [0.15, 0.2) is 0 Å². The Morgan fingerprint density at radius 1 is 1.33 bits per heavy atom. The summed E-state index contributed by atoms with van der Waals surface area (Å²) in [5, 5.41) is 9.15. The third-order valence-electron chi connectivity index (χ3n) is 4.27. The average molecular weight is 391 g/mol. The van der Waals surface area contributed by atoms with Gasteiger partial charge in [-0.2, -0.15) is 0 Å². The Bertz CT molecular complexity index is 999. The number of fused-ring (bicyclic) bond motifs is 1. The molecule has 8 heteroatoms. The summed E-state index contributed by atoms with van der Waals surface area (Å²) in [5.41, 5.74) is 1.55. The summed E-state index contributed by atoms with van der Waals surface area (Å²) in [4.78, 5) is 11.1. The Labute approximate surface area is 158 Å². The number of ether oxygens (including phenoxy) is 2. The van der Waals surface area contributed by atoms with Gasteiger partial charge in [-0.15, -0.1) is 0 Å². The number of rotatable bonds is 6. The minimum Gasteiger partial charge on any atom is -0.492 e. The summed E-state index contributed by atoms with van der Waals surface area (Å²) in [5.74, 6) is -0.175. The first-order valence-electron chi connectivity index (χ1n) is 8.54. The summed E-state index contributed by atoms with van der Waals surface area (Å²) in [6.45, 7) is 5.73. The van der Waals surface area contributed by atoms with Crippen molar-refractivity contribution in [2.45, 2.75) is 38.2 Å². The Kier molecular flexibility index (Phi) is 5.01. The van der Waals surface area contributed by atoms with Gasteiger partial charge in [-0.1, -0.05) is 6.07 Å². The highest BCUT2D eigenvalue weighted by Gasteiger charge is 2.25. The third-order valence-corrected chi connectivity index (χ3v) is 5.77. The second-order valence-corrected chi connectivity index (χ2v) is 8.06. The largest absolute Gasteiger partial charge is 0.492 e. The lowest BCUT2D eigenvalue weighted by Gasteiger charge is -2.16. The van der Waals surface area contributed by atoms with Crippen molar-refractivity contribution >= 4 is 21.7 Å². The Morgan fingerprint density at radius 2 is 2.07 bits per heavy atom. The molecule has 1 aliphatic rings. The molecule has 0 spiro atoms. The fourth-order valence-corrected chi connectivity index (χ4v) is 4.35. The molecule has 0 saturated carbocycles. The normalized spacial score (nSPS) is 15.7. The molecule has 144 valence electrons. The van der Waals surface area contributed by atoms with E-state index >= 15 is 0 Å². The van der Waals surface area contributed by atoms with Crippen LogP contribution in [-0.2, 0) is 16.4 Å². The number of sulfonamides is 1. The van der Waals surface area contributed by atoms with Gasteiger partial charge in [-0.25, -0.2) is 13.2 Å². The predicted octanol–water partition coefficient (Wildman–Crippen LogP) is 3.22. The fourth-order valence-electron chi connectivity index (χ4n) is 3.02. The van der Waals surface area contributed by atoms with E-state index in [2.05, 4.69) is 4.72 Å². The van der Waals surface area contributed by atoms with Gasteiger partial charge >= 0.3 is 5.97 Å². The molecule has 0 saturated heterocycles. The van der Waals surface area contributed by atoms with Crippen LogP contribution in [-0.4, -0.2) is 32.2 Å². The third kappa shape index (κ3) is 3.85. The second kappa shape index (κ2) is 7.11. The highest BCUT2D eigenvalue weighted by Crippen LogP contribution is 2.39. The van der Waals surface area contributed by atoms with E-state index in [-0.39, 0.29) is 22.3 Å². The van der Waals surface area contributed by atoms with Crippen molar-refractivity contribution in [3.8, 4) is 11.5 Å². The number of benzene rings is 2. The molecular weight excluding hydrogens is 370 g/mol. The SMILES string of the molecule is CCOc1cc2c(cc1NS(=O)(=O)c1cc(C(=O)O)ccc1C)O[C@H](C)C2. The molecule has 0 fully saturated rings. The zero-order valence-corrected chi connectivity index (χ0v) is 16.1. The van der Waals surface area contributed by atoms with Crippen molar-refractivity contribution < 1.29 is 27.8 Å². The van der Waals surface area contributed by atoms with Crippen LogP contribution in [0.5, 0.6) is 11.5 Å². The molecule has 1 atom stereocenters. The molecule has 0 unspecified atom stereocenters. The van der Waals surface area contributed by atoms with Gasteiger partial charge in [0.1, 0.15) is 17.6 Å². The summed E-state index contributed by atoms with van der Waals surface area (Å²) < 4.78 is 39.7. The monoisotopic (exact) mass is 391 g/mol. The van der Waals surface area contributed by atoms with Crippen LogP contribution in [0.25, 0.3) is 0 Å². The Hall–Kier alpha value is -2.74. The molecule has 2 N–H and O–H groups in total. The molecule has 0 aromatic heterocycles. The summed E-state index contributed by atoms with van der Waals surface area (Å²) in [6, 6.07) is 7.37. The van der Waals surface area contributed by atoms with Crippen molar-refractivity contribution in [1.29, 1.82) is 0 Å². The van der Waals surface area contributed by atoms with E-state index in [0.717, 1.165) is 18.1 Å². The summed E-state index contributed by atoms with van der Waals surface area (Å²) in [7, 11) is -4.02. The molecule has 3 rings (SSSR count). The number of nitrogens with one attached hydrogen (secondary N) is 1. The smallest absolute Gasteiger partial charge is 0.335 e. The van der Waals surface area contributed by atoms with Crippen molar-refractivity contribution in [2.75, 3.05) is 11.3 Å². The first-order valence-corrected chi connectivity index (χ1v) is 10.0. The maximum atomic E-state index is 12.9. The van der Waals surface area contributed by atoms with E-state index < -0.39 is 16.0 Å². The van der Waals surface area contributed by atoms with Gasteiger partial charge in [-0.3, -0.25) is 4.72 Å². The van der Waals surface area contributed by atoms with Gasteiger partial charge in [0.2, 0.25) is 0 Å². The second-order valence-electron chi connectivity index (χ2n) is 6.41. The van der Waals surface area contributed by atoms with Crippen LogP contribution in [0.3, 0.4) is 0 Å². The van der Waals surface area contributed by atoms with Gasteiger partial charge in [-0.05, 0) is 44.5 Å². The molecule has 0 aliphatic carbocycles. The maximum Gasteiger partial charge on any atom is 0.335 e. The molecule has 27 heavy (non-hydrogen) atoms. The van der Waals surface area contributed by atoms with Crippen molar-refractivity contribution in [1.82, 2.24) is 0 Å². The Balaban J connectivity index is 2.03. The van der Waals surface area contributed by atoms with Crippen LogP contribution in [0.2, 0.25) is 0 Å². The standard InChI is InChI=1S/C19H21NO6S/c1-4-25-17-8-14-7-12(3)26-16(14)10-15(17)20-27(23,24)18-9-13(19(21)22)6-5-11(18)2/h5-6,8-10,12,20H,4,7H2,1-3H3,(H,21,22)/t12-/m1/s1. The molecule has 0 radical (unpaired) electrons. The number of hydrogen-bond donors (Lipinski definition) is 2. The van der Waals surface area contributed by atoms with Gasteiger partial charge < -0.3 is 14.6 Å². The molecule has 2 aromatic rings. The topological polar surface area (TPSA) is 102 Å². The van der Waals surface area contributed by atoms with Crippen molar-refractivity contribution in [3.05, 3.63) is 47.0 Å². The lowest BCUT2D eigenvalue weighted by atomic mass is 10.1. The van der Waals surface area contributed by atoms with Gasteiger partial charge in [0.25, 0.3) is 10.0 Å². The fraction of sp³-hybridized carbons (Fsp3) is 0.316. The average Bonchev–Trinajstić information content (AvgIpc) is 2.94. The predicted molar refractivity (Wildman–Crippen MR) is 100 cm³/mol. The molecule has 7 nitrogen and oxygen atoms in total. The molecule has 1 heterocycles. The quantitative estimate of drug-likeness (QED) is 0.784. The van der Waals surface area contributed by atoms with Crippen LogP contribution < -0.4 is 14.2 Å². The van der Waals surface area contributed by atoms with Crippen LogP contribution in [0.4, 0.5) is 5.69 Å². The zero-order chi connectivity index (χ0) is 19.8. The Morgan fingerprint density at radius 3 is 2.74 bits per heavy atom. The van der Waals surface area contributed by atoms with E-state index in [0.29, 0.717) is 23.7 Å². The molecule has 0 bridgehead atoms. The van der Waals surface area contributed by atoms with Crippen LogP contribution in [0.1, 0.15) is 35.3 Å². The van der Waals surface area contributed by atoms with E-state index in [1.165, 1.54) is 12.1 Å². The highest BCUT2D eigenvalue weighted by atomic mass is 32.2. The zero-order valence-electron chi connectivity index (χ0n) is 15.3. The van der Waals surface area contributed by atoms with E-state index in [4.69, 9.17) is 14.6 Å². The number of anilines is 1. The van der Waals surface area contributed by atoms with E-state index in [1.54, 1.807) is 19.1 Å². The minimum absolute atomic E-state index is 0.0100. The number of hydrogen-bond acceptors (Lipinski definition) is 5. The number of aryl methyl sites for hydroxylation is 1. The van der Waals surface area contributed by atoms with Crippen LogP contribution in [0, 0.1) is 6.92 Å². The number of carbonyl (C=O) groups is 1. The van der Waals surface area contributed by atoms with Crippen molar-refractivity contribution in [2.24, 2.45) is 0 Å². The van der Waals surface area contributed by atoms with Crippen LogP contribution in [0.15, 0.2) is 35.2 Å². The van der Waals surface area contributed by atoms with E-state index in [1.807, 2.05) is 13.8 Å². The first kappa shape index (κ1) is 19.0. The number of carboxylic acid groups (broad SMARTS) is 1. The lowest BCUT2D eigenvalue weighted by molar-refractivity contribution is 0.0696. The highest BCUT2D eigenvalue weighted by molar-refractivity contribution is 7.92. The lowest BCUT2D eigenvalue weighted by Crippen LogP contribution is -2.16. The van der Waals surface area contributed by atoms with Crippen molar-refractivity contribution in [3.63, 3.8) is 0 Å². The maximum absolute atomic E-state index is 12.9. The van der Waals surface area contributed by atoms with Gasteiger partial charge in [0, 0.05) is 18.1 Å². The van der Waals surface area contributed by atoms with E-state index in [9.17, 15) is 13.2 Å². The number of carboxylic acids is 1.